The molecule has 1 aromatic carbocycles. The molecule has 5 nitrogen and oxygen atoms in total. The van der Waals surface area contributed by atoms with Crippen molar-refractivity contribution in [2.24, 2.45) is 0 Å². The number of rotatable bonds is 3. The van der Waals surface area contributed by atoms with Gasteiger partial charge in [-0.3, -0.25) is 9.69 Å². The van der Waals surface area contributed by atoms with Gasteiger partial charge >= 0.3 is 0 Å². The van der Waals surface area contributed by atoms with E-state index < -0.39 is 0 Å². The zero-order valence-electron chi connectivity index (χ0n) is 14.9. The van der Waals surface area contributed by atoms with E-state index in [2.05, 4.69) is 51.6 Å². The third-order valence-corrected chi connectivity index (χ3v) is 6.25. The fourth-order valence-corrected chi connectivity index (χ4v) is 4.89. The Labute approximate surface area is 152 Å². The number of nitrogens with one attached hydrogen (secondary N) is 2. The maximum absolute atomic E-state index is 12.8. The molecule has 1 amide bonds. The second-order valence-electron chi connectivity index (χ2n) is 6.86. The normalized spacial score (nSPS) is 19.6. The highest BCUT2D eigenvalue weighted by molar-refractivity contribution is 7.16. The Hall–Kier alpha value is -2.05. The largest absolute Gasteiger partial charge is 0.378 e. The van der Waals surface area contributed by atoms with Gasteiger partial charge < -0.3 is 15.5 Å². The van der Waals surface area contributed by atoms with Crippen LogP contribution in [0.5, 0.6) is 0 Å². The first kappa shape index (κ1) is 16.4. The van der Waals surface area contributed by atoms with Crippen molar-refractivity contribution in [3.05, 3.63) is 45.8 Å². The minimum Gasteiger partial charge on any atom is -0.378 e. The summed E-state index contributed by atoms with van der Waals surface area (Å²) in [6.07, 6.45) is 0.797. The zero-order valence-corrected chi connectivity index (χ0v) is 15.7. The van der Waals surface area contributed by atoms with Gasteiger partial charge in [0.25, 0.3) is 5.91 Å². The summed E-state index contributed by atoms with van der Waals surface area (Å²) in [5, 5.41) is 7.69. The molecule has 0 radical (unpaired) electrons. The second-order valence-corrected chi connectivity index (χ2v) is 7.97. The van der Waals surface area contributed by atoms with Crippen LogP contribution in [0.1, 0.15) is 39.5 Å². The van der Waals surface area contributed by atoms with E-state index in [1.807, 2.05) is 14.1 Å². The molecule has 0 saturated carbocycles. The summed E-state index contributed by atoms with van der Waals surface area (Å²) in [7, 11) is 4.05. The first-order valence-corrected chi connectivity index (χ1v) is 9.60. The van der Waals surface area contributed by atoms with Gasteiger partial charge in [0.05, 0.1) is 5.56 Å². The maximum Gasteiger partial charge on any atom is 0.256 e. The number of anilines is 2. The molecule has 0 saturated heterocycles. The van der Waals surface area contributed by atoms with Gasteiger partial charge in [0, 0.05) is 37.7 Å². The molecule has 0 spiro atoms. The number of likely N-dealkylation sites (N-methyl/N-ethyl adjacent to an activating group) is 1. The van der Waals surface area contributed by atoms with Crippen molar-refractivity contribution in [1.82, 2.24) is 10.2 Å². The fraction of sp³-hybridized carbons (Fsp3) is 0.421. The molecule has 0 unspecified atom stereocenters. The average Bonchev–Trinajstić information content (AvgIpc) is 2.99. The van der Waals surface area contributed by atoms with Gasteiger partial charge in [0.2, 0.25) is 0 Å². The fourth-order valence-electron chi connectivity index (χ4n) is 3.57. The molecular formula is C19H24N4OS. The summed E-state index contributed by atoms with van der Waals surface area (Å²) in [6, 6.07) is 8.31. The monoisotopic (exact) mass is 356 g/mol. The van der Waals surface area contributed by atoms with Crippen LogP contribution in [0.4, 0.5) is 10.7 Å². The van der Waals surface area contributed by atoms with Gasteiger partial charge in [-0.05, 0) is 36.2 Å². The van der Waals surface area contributed by atoms with Gasteiger partial charge in [-0.2, -0.15) is 0 Å². The third kappa shape index (κ3) is 2.89. The molecule has 0 bridgehead atoms. The van der Waals surface area contributed by atoms with E-state index >= 15 is 0 Å². The van der Waals surface area contributed by atoms with Gasteiger partial charge in [0.15, 0.2) is 0 Å². The molecule has 2 aliphatic rings. The van der Waals surface area contributed by atoms with Crippen LogP contribution in [0.15, 0.2) is 24.3 Å². The molecule has 1 aromatic heterocycles. The molecule has 3 heterocycles. The molecule has 0 fully saturated rings. The number of nitrogens with zero attached hydrogens (tertiary/aromatic N) is 2. The van der Waals surface area contributed by atoms with Gasteiger partial charge in [0.1, 0.15) is 11.2 Å². The van der Waals surface area contributed by atoms with Crippen LogP contribution < -0.4 is 15.5 Å². The maximum atomic E-state index is 12.8. The number of hydrogen-bond donors (Lipinski definition) is 2. The standard InChI is InChI=1S/C19H24N4OS/c1-4-23-10-9-14-15(11-23)25-19-16(14)18(24)20-17(21-19)12-5-7-13(8-6-12)22(2)3/h5-8,17,21H,4,9-11H2,1-3H3,(H,20,24)/t17-/m0/s1. The Morgan fingerprint density at radius 1 is 1.24 bits per heavy atom. The van der Waals surface area contributed by atoms with Crippen LogP contribution in [-0.4, -0.2) is 38.0 Å². The SMILES string of the molecule is CCN1CCc2c(sc3c2C(=O)N[C@H](c2ccc(N(C)C)cc2)N3)C1. The van der Waals surface area contributed by atoms with E-state index in [9.17, 15) is 4.79 Å². The Morgan fingerprint density at radius 3 is 2.68 bits per heavy atom. The van der Waals surface area contributed by atoms with Crippen molar-refractivity contribution in [2.75, 3.05) is 37.4 Å². The van der Waals surface area contributed by atoms with Crippen LogP contribution in [0.3, 0.4) is 0 Å². The molecule has 2 aliphatic heterocycles. The van der Waals surface area contributed by atoms with Crippen LogP contribution >= 0.6 is 11.3 Å². The van der Waals surface area contributed by atoms with Crippen molar-refractivity contribution >= 4 is 27.9 Å². The van der Waals surface area contributed by atoms with Crippen LogP contribution in [0.25, 0.3) is 0 Å². The Balaban J connectivity index is 1.61. The number of thiophene rings is 1. The zero-order chi connectivity index (χ0) is 17.6. The summed E-state index contributed by atoms with van der Waals surface area (Å²) in [5.74, 6) is 0.0536. The van der Waals surface area contributed by atoms with E-state index in [1.165, 1.54) is 10.4 Å². The first-order chi connectivity index (χ1) is 12.1. The molecule has 1 atom stereocenters. The Kier molecular flexibility index (Phi) is 4.17. The summed E-state index contributed by atoms with van der Waals surface area (Å²) in [5.41, 5.74) is 4.34. The van der Waals surface area contributed by atoms with Crippen LogP contribution in [0, 0.1) is 0 Å². The molecular weight excluding hydrogens is 332 g/mol. The molecule has 25 heavy (non-hydrogen) atoms. The molecule has 4 rings (SSSR count). The average molecular weight is 356 g/mol. The highest BCUT2D eigenvalue weighted by Gasteiger charge is 2.33. The van der Waals surface area contributed by atoms with E-state index in [1.54, 1.807) is 11.3 Å². The smallest absolute Gasteiger partial charge is 0.256 e. The van der Waals surface area contributed by atoms with Crippen molar-refractivity contribution in [3.8, 4) is 0 Å². The van der Waals surface area contributed by atoms with Crippen molar-refractivity contribution in [3.63, 3.8) is 0 Å². The predicted molar refractivity (Wildman–Crippen MR) is 104 cm³/mol. The number of amides is 1. The quantitative estimate of drug-likeness (QED) is 0.887. The topological polar surface area (TPSA) is 47.6 Å². The summed E-state index contributed by atoms with van der Waals surface area (Å²) in [4.78, 5) is 18.6. The second kappa shape index (κ2) is 6.35. The van der Waals surface area contributed by atoms with Crippen molar-refractivity contribution in [2.45, 2.75) is 26.1 Å². The lowest BCUT2D eigenvalue weighted by atomic mass is 10.0. The Morgan fingerprint density at radius 2 is 2.00 bits per heavy atom. The molecule has 132 valence electrons. The number of carbonyl (C=O) groups is 1. The number of fused-ring (bicyclic) bond motifs is 3. The van der Waals surface area contributed by atoms with Crippen LogP contribution in [0.2, 0.25) is 0 Å². The lowest BCUT2D eigenvalue weighted by Gasteiger charge is -2.28. The van der Waals surface area contributed by atoms with Gasteiger partial charge in [-0.15, -0.1) is 11.3 Å². The number of hydrogen-bond acceptors (Lipinski definition) is 5. The summed E-state index contributed by atoms with van der Waals surface area (Å²) in [6.45, 7) is 5.25. The molecule has 2 N–H and O–H groups in total. The van der Waals surface area contributed by atoms with E-state index in [4.69, 9.17) is 0 Å². The minimum atomic E-state index is -0.168. The summed E-state index contributed by atoms with van der Waals surface area (Å²) >= 11 is 1.75. The first-order valence-electron chi connectivity index (χ1n) is 8.78. The predicted octanol–water partition coefficient (Wildman–Crippen LogP) is 3.05. The van der Waals surface area contributed by atoms with E-state index in [0.717, 1.165) is 47.9 Å². The van der Waals surface area contributed by atoms with Gasteiger partial charge in [-0.1, -0.05) is 19.1 Å². The highest BCUT2D eigenvalue weighted by Crippen LogP contribution is 2.40. The molecule has 0 aliphatic carbocycles. The van der Waals surface area contributed by atoms with Crippen molar-refractivity contribution < 1.29 is 4.79 Å². The molecule has 2 aromatic rings. The third-order valence-electron chi connectivity index (χ3n) is 5.10. The highest BCUT2D eigenvalue weighted by atomic mass is 32.1. The minimum absolute atomic E-state index is 0.0536. The summed E-state index contributed by atoms with van der Waals surface area (Å²) < 4.78 is 0. The van der Waals surface area contributed by atoms with E-state index in [-0.39, 0.29) is 12.1 Å². The van der Waals surface area contributed by atoms with Crippen LogP contribution in [-0.2, 0) is 13.0 Å². The lowest BCUT2D eigenvalue weighted by Crippen LogP contribution is -2.38. The van der Waals surface area contributed by atoms with Gasteiger partial charge in [-0.25, -0.2) is 0 Å². The lowest BCUT2D eigenvalue weighted by molar-refractivity contribution is 0.0934. The number of carbonyl (C=O) groups excluding carboxylic acids is 1. The molecule has 6 heteroatoms. The number of benzene rings is 1. The Bertz CT molecular complexity index is 797. The van der Waals surface area contributed by atoms with Crippen molar-refractivity contribution in [1.29, 1.82) is 0 Å². The van der Waals surface area contributed by atoms with E-state index in [0.29, 0.717) is 0 Å².